The molecule has 5 rings (SSSR count). The number of likely N-dealkylation sites (N-methyl/N-ethyl adjacent to an activating group) is 1. The molecule has 0 radical (unpaired) electrons. The summed E-state index contributed by atoms with van der Waals surface area (Å²) in [5.74, 6) is -0.959. The smallest absolute Gasteiger partial charge is 0.407 e. The summed E-state index contributed by atoms with van der Waals surface area (Å²) in [7, 11) is 1.43. The number of alkyl carbamates (subject to hydrolysis) is 1. The molecule has 1 aliphatic heterocycles. The topological polar surface area (TPSA) is 142 Å². The van der Waals surface area contributed by atoms with Gasteiger partial charge in [-0.05, 0) is 47.2 Å². The van der Waals surface area contributed by atoms with Gasteiger partial charge in [-0.25, -0.2) is 9.59 Å². The van der Waals surface area contributed by atoms with E-state index in [9.17, 15) is 19.5 Å². The van der Waals surface area contributed by atoms with E-state index in [1.165, 1.54) is 7.05 Å². The molecule has 1 saturated heterocycles. The van der Waals surface area contributed by atoms with Gasteiger partial charge < -0.3 is 30.5 Å². The number of carboxylic acid groups (broad SMARTS) is 1. The van der Waals surface area contributed by atoms with Crippen molar-refractivity contribution >= 4 is 23.8 Å². The maximum absolute atomic E-state index is 14.1. The fourth-order valence-electron chi connectivity index (χ4n) is 5.80. The Morgan fingerprint density at radius 3 is 2.29 bits per heavy atom. The standard InChI is InChI=1S/C37H41N5O6/c1-42(37(45)46)34(33(28-13-4-2-5-14-28)29-15-6-3-7-16-29)35(43)41-32-17-9-8-12-27(32)18-19-31-23-39-30(24-47-31)25-48-36(44)40-22-26-11-10-20-38-21-26/h2-17,20-21,30-31,33-34,39H,18-19,22-25H2,1H3,(H,40,44)(H,41,43)(H,45,46)/t30-,31+,34-/m0/s1. The van der Waals surface area contributed by atoms with Gasteiger partial charge in [0.2, 0.25) is 5.91 Å². The van der Waals surface area contributed by atoms with Gasteiger partial charge in [0.05, 0.1) is 18.8 Å². The van der Waals surface area contributed by atoms with Crippen LogP contribution in [0.3, 0.4) is 0 Å². The van der Waals surface area contributed by atoms with Crippen molar-refractivity contribution in [1.82, 2.24) is 20.5 Å². The number of morpholine rings is 1. The normalized spacial score (nSPS) is 16.5. The Bertz CT molecular complexity index is 1580. The summed E-state index contributed by atoms with van der Waals surface area (Å²) < 4.78 is 11.4. The Hall–Kier alpha value is -5.26. The second-order valence-corrected chi connectivity index (χ2v) is 11.7. The molecule has 2 heterocycles. The minimum absolute atomic E-state index is 0.0733. The van der Waals surface area contributed by atoms with Gasteiger partial charge in [-0.1, -0.05) is 84.9 Å². The lowest BCUT2D eigenvalue weighted by molar-refractivity contribution is -0.120. The monoisotopic (exact) mass is 651 g/mol. The quantitative estimate of drug-likeness (QED) is 0.158. The van der Waals surface area contributed by atoms with Crippen LogP contribution in [0, 0.1) is 0 Å². The van der Waals surface area contributed by atoms with Crippen molar-refractivity contribution in [1.29, 1.82) is 0 Å². The van der Waals surface area contributed by atoms with Crippen LogP contribution >= 0.6 is 0 Å². The number of nitrogens with one attached hydrogen (secondary N) is 3. The average Bonchev–Trinajstić information content (AvgIpc) is 3.13. The Morgan fingerprint density at radius 2 is 1.67 bits per heavy atom. The highest BCUT2D eigenvalue weighted by Gasteiger charge is 2.37. The number of anilines is 1. The van der Waals surface area contributed by atoms with Crippen molar-refractivity contribution in [3.8, 4) is 0 Å². The predicted molar refractivity (Wildman–Crippen MR) is 182 cm³/mol. The van der Waals surface area contributed by atoms with E-state index in [0.717, 1.165) is 27.2 Å². The summed E-state index contributed by atoms with van der Waals surface area (Å²) in [6.45, 7) is 1.49. The molecule has 0 spiro atoms. The van der Waals surface area contributed by atoms with E-state index < -0.39 is 30.1 Å². The number of ether oxygens (including phenoxy) is 2. The molecule has 0 bridgehead atoms. The molecular formula is C37H41N5O6. The third-order valence-corrected chi connectivity index (χ3v) is 8.37. The molecular weight excluding hydrogens is 610 g/mol. The van der Waals surface area contributed by atoms with Crippen LogP contribution in [0.2, 0.25) is 0 Å². The molecule has 3 atom stereocenters. The molecule has 48 heavy (non-hydrogen) atoms. The lowest BCUT2D eigenvalue weighted by Gasteiger charge is -2.33. The molecule has 1 aromatic heterocycles. The van der Waals surface area contributed by atoms with E-state index in [0.29, 0.717) is 38.2 Å². The number of pyridine rings is 1. The van der Waals surface area contributed by atoms with Crippen LogP contribution in [0.25, 0.3) is 0 Å². The number of hydrogen-bond acceptors (Lipinski definition) is 7. The predicted octanol–water partition coefficient (Wildman–Crippen LogP) is 5.05. The van der Waals surface area contributed by atoms with Crippen molar-refractivity contribution in [3.05, 3.63) is 132 Å². The molecule has 0 aliphatic carbocycles. The van der Waals surface area contributed by atoms with Crippen molar-refractivity contribution in [3.63, 3.8) is 0 Å². The molecule has 250 valence electrons. The third-order valence-electron chi connectivity index (χ3n) is 8.37. The van der Waals surface area contributed by atoms with Crippen molar-refractivity contribution in [2.24, 2.45) is 0 Å². The first kappa shape index (κ1) is 34.1. The first-order chi connectivity index (χ1) is 23.4. The summed E-state index contributed by atoms with van der Waals surface area (Å²) in [4.78, 5) is 43.6. The minimum atomic E-state index is -1.20. The summed E-state index contributed by atoms with van der Waals surface area (Å²) in [6, 6.07) is 29.0. The van der Waals surface area contributed by atoms with Gasteiger partial charge in [0.1, 0.15) is 12.6 Å². The Labute approximate surface area is 280 Å². The Morgan fingerprint density at radius 1 is 0.979 bits per heavy atom. The fraction of sp³-hybridized carbons (Fsp3) is 0.297. The molecule has 11 nitrogen and oxygen atoms in total. The lowest BCUT2D eigenvalue weighted by Crippen LogP contribution is -2.49. The van der Waals surface area contributed by atoms with Gasteiger partial charge in [-0.3, -0.25) is 14.7 Å². The van der Waals surface area contributed by atoms with Gasteiger partial charge in [0, 0.05) is 44.1 Å². The lowest BCUT2D eigenvalue weighted by atomic mass is 9.84. The van der Waals surface area contributed by atoms with Crippen LogP contribution in [0.5, 0.6) is 0 Å². The van der Waals surface area contributed by atoms with Crippen LogP contribution in [0.1, 0.15) is 34.6 Å². The maximum atomic E-state index is 14.1. The number of benzene rings is 3. The number of aryl methyl sites for hydroxylation is 1. The molecule has 3 amide bonds. The zero-order chi connectivity index (χ0) is 33.7. The average molecular weight is 652 g/mol. The second kappa shape index (κ2) is 17.1. The summed E-state index contributed by atoms with van der Waals surface area (Å²) in [5, 5.41) is 19.2. The first-order valence-electron chi connectivity index (χ1n) is 16.0. The maximum Gasteiger partial charge on any atom is 0.407 e. The van der Waals surface area contributed by atoms with Gasteiger partial charge in [0.15, 0.2) is 0 Å². The number of carbonyl (C=O) groups is 3. The van der Waals surface area contributed by atoms with E-state index in [4.69, 9.17) is 9.47 Å². The second-order valence-electron chi connectivity index (χ2n) is 11.7. The van der Waals surface area contributed by atoms with Crippen molar-refractivity contribution < 1.29 is 29.0 Å². The Kier molecular flexibility index (Phi) is 12.1. The molecule has 0 unspecified atom stereocenters. The van der Waals surface area contributed by atoms with E-state index in [1.54, 1.807) is 12.4 Å². The number of aromatic nitrogens is 1. The SMILES string of the molecule is CN(C(=O)O)[C@H](C(=O)Nc1ccccc1CC[C@@H]1CN[C@H](COC(=O)NCc2cccnc2)CO1)C(c1ccccc1)c1ccccc1. The van der Waals surface area contributed by atoms with Crippen LogP contribution < -0.4 is 16.0 Å². The molecule has 4 aromatic rings. The third kappa shape index (κ3) is 9.40. The van der Waals surface area contributed by atoms with Gasteiger partial charge in [-0.2, -0.15) is 0 Å². The number of carbonyl (C=O) groups excluding carboxylic acids is 2. The largest absolute Gasteiger partial charge is 0.465 e. The number of hydrogen-bond donors (Lipinski definition) is 4. The van der Waals surface area contributed by atoms with Crippen molar-refractivity contribution in [2.75, 3.05) is 32.1 Å². The highest BCUT2D eigenvalue weighted by atomic mass is 16.6. The molecule has 4 N–H and O–H groups in total. The number of para-hydroxylation sites is 1. The van der Waals surface area contributed by atoms with Crippen LogP contribution in [-0.2, 0) is 27.2 Å². The van der Waals surface area contributed by atoms with E-state index in [2.05, 4.69) is 20.9 Å². The van der Waals surface area contributed by atoms with E-state index in [-0.39, 0.29) is 18.8 Å². The summed E-state index contributed by atoms with van der Waals surface area (Å²) in [5.41, 5.74) is 4.09. The van der Waals surface area contributed by atoms with Crippen molar-refractivity contribution in [2.45, 2.75) is 43.5 Å². The number of amides is 3. The van der Waals surface area contributed by atoms with E-state index in [1.807, 2.05) is 97.1 Å². The number of rotatable bonds is 13. The molecule has 3 aromatic carbocycles. The minimum Gasteiger partial charge on any atom is -0.465 e. The van der Waals surface area contributed by atoms with Gasteiger partial charge in [0.25, 0.3) is 0 Å². The highest BCUT2D eigenvalue weighted by Crippen LogP contribution is 2.32. The van der Waals surface area contributed by atoms with Crippen LogP contribution in [0.15, 0.2) is 109 Å². The summed E-state index contributed by atoms with van der Waals surface area (Å²) >= 11 is 0. The summed E-state index contributed by atoms with van der Waals surface area (Å²) in [6.07, 6.45) is 2.90. The number of nitrogens with zero attached hydrogens (tertiary/aromatic N) is 2. The van der Waals surface area contributed by atoms with Crippen LogP contribution in [-0.4, -0.2) is 78.1 Å². The van der Waals surface area contributed by atoms with Gasteiger partial charge in [-0.15, -0.1) is 0 Å². The first-order valence-corrected chi connectivity index (χ1v) is 16.0. The molecule has 1 fully saturated rings. The van der Waals surface area contributed by atoms with E-state index >= 15 is 0 Å². The van der Waals surface area contributed by atoms with Crippen LogP contribution in [0.4, 0.5) is 15.3 Å². The highest BCUT2D eigenvalue weighted by molar-refractivity contribution is 5.98. The fourth-order valence-corrected chi connectivity index (χ4v) is 5.80. The molecule has 11 heteroatoms. The molecule has 0 saturated carbocycles. The molecule has 1 aliphatic rings. The van der Waals surface area contributed by atoms with Gasteiger partial charge >= 0.3 is 12.2 Å². The Balaban J connectivity index is 1.18. The zero-order valence-corrected chi connectivity index (χ0v) is 26.8. The zero-order valence-electron chi connectivity index (χ0n) is 26.8.